The molecule has 0 bridgehead atoms. The van der Waals surface area contributed by atoms with Gasteiger partial charge in [0.25, 0.3) is 5.56 Å². The second kappa shape index (κ2) is 12.5. The van der Waals surface area contributed by atoms with E-state index in [1.807, 2.05) is 29.2 Å². The minimum Gasteiger partial charge on any atom is -0.383 e. The third-order valence-corrected chi connectivity index (χ3v) is 8.51. The Morgan fingerprint density at radius 1 is 1.10 bits per heavy atom. The van der Waals surface area contributed by atoms with Crippen LogP contribution in [0.4, 0.5) is 14.9 Å². The summed E-state index contributed by atoms with van der Waals surface area (Å²) < 4.78 is 22.1. The number of methoxy groups -OCH3 is 1. The smallest absolute Gasteiger partial charge is 0.331 e. The zero-order chi connectivity index (χ0) is 30.0. The number of fused-ring (bicyclic) bond motifs is 1. The number of aromatic nitrogens is 2. The monoisotopic (exact) mass is 595 g/mol. The number of nitrogens with zero attached hydrogens (tertiary/aromatic N) is 4. The highest BCUT2D eigenvalue weighted by Gasteiger charge is 2.30. The predicted molar refractivity (Wildman–Crippen MR) is 162 cm³/mol. The molecule has 0 saturated carbocycles. The van der Waals surface area contributed by atoms with E-state index in [1.165, 1.54) is 30.0 Å². The molecule has 1 aromatic heterocycles. The molecule has 0 spiro atoms. The van der Waals surface area contributed by atoms with Crippen molar-refractivity contribution in [1.82, 2.24) is 18.9 Å². The number of para-hydroxylation sites is 1. The largest absolute Gasteiger partial charge is 0.383 e. The molecule has 11 heteroatoms. The van der Waals surface area contributed by atoms with Crippen molar-refractivity contribution in [2.45, 2.75) is 44.8 Å². The van der Waals surface area contributed by atoms with Gasteiger partial charge in [-0.05, 0) is 43.9 Å². The summed E-state index contributed by atoms with van der Waals surface area (Å²) in [5.41, 5.74) is 1.92. The molecule has 0 aliphatic carbocycles. The Kier molecular flexibility index (Phi) is 8.84. The average molecular weight is 596 g/mol. The van der Waals surface area contributed by atoms with Crippen LogP contribution >= 0.6 is 11.6 Å². The summed E-state index contributed by atoms with van der Waals surface area (Å²) in [6.07, 6.45) is 3.73. The number of urea groups is 1. The molecule has 2 aliphatic rings. The number of hydrogen-bond acceptors (Lipinski definition) is 5. The second-order valence-corrected chi connectivity index (χ2v) is 11.2. The maximum atomic E-state index is 14.3. The summed E-state index contributed by atoms with van der Waals surface area (Å²) in [5, 5.41) is 2.86. The van der Waals surface area contributed by atoms with Gasteiger partial charge in [-0.25, -0.2) is 14.0 Å². The number of nitrogens with one attached hydrogen (secondary N) is 1. The average Bonchev–Trinajstić information content (AvgIpc) is 3.14. The van der Waals surface area contributed by atoms with Gasteiger partial charge in [0, 0.05) is 55.9 Å². The molecular formula is C31H35ClFN5O4. The Morgan fingerprint density at radius 2 is 1.83 bits per heavy atom. The molecule has 0 unspecified atom stereocenters. The molecular weight excluding hydrogens is 561 g/mol. The molecule has 5 rings (SSSR count). The molecule has 1 atom stereocenters. The number of piperidine rings is 1. The minimum atomic E-state index is -0.656. The Labute approximate surface area is 248 Å². The Balaban J connectivity index is 1.34. The SMILES string of the molecule is C=C(Cn1cc(-c2cccc(F)c2Cl)c(=O)n([C@H](C)COC)c1=O)N1CCC(N2CCc3ccccc3NC2=O)CC1. The summed E-state index contributed by atoms with van der Waals surface area (Å²) in [6, 6.07) is 11.6. The number of likely N-dealkylation sites (tertiary alicyclic amines) is 1. The summed E-state index contributed by atoms with van der Waals surface area (Å²) in [5.74, 6) is -0.656. The van der Waals surface area contributed by atoms with Crippen LogP contribution in [0.15, 0.2) is 70.5 Å². The van der Waals surface area contributed by atoms with Crippen LogP contribution < -0.4 is 16.6 Å². The Morgan fingerprint density at radius 3 is 2.57 bits per heavy atom. The van der Waals surface area contributed by atoms with Gasteiger partial charge in [-0.3, -0.25) is 13.9 Å². The Bertz CT molecular complexity index is 1610. The normalized spacial score (nSPS) is 16.5. The van der Waals surface area contributed by atoms with Gasteiger partial charge in [-0.1, -0.05) is 48.5 Å². The van der Waals surface area contributed by atoms with Crippen molar-refractivity contribution in [2.75, 3.05) is 38.7 Å². The number of allylic oxidation sites excluding steroid dienone is 1. The molecule has 3 aromatic rings. The van der Waals surface area contributed by atoms with Gasteiger partial charge >= 0.3 is 11.7 Å². The van der Waals surface area contributed by atoms with Crippen molar-refractivity contribution >= 4 is 23.3 Å². The first-order valence-corrected chi connectivity index (χ1v) is 14.4. The quantitative estimate of drug-likeness (QED) is 0.406. The maximum absolute atomic E-state index is 14.3. The van der Waals surface area contributed by atoms with Crippen LogP contribution in [-0.4, -0.2) is 64.4 Å². The second-order valence-electron chi connectivity index (χ2n) is 10.8. The van der Waals surface area contributed by atoms with Crippen LogP contribution in [0.1, 0.15) is 31.4 Å². The molecule has 1 N–H and O–H groups in total. The molecule has 222 valence electrons. The molecule has 3 heterocycles. The standard InChI is InChI=1S/C31H35ClFN5O4/c1-20(35-14-12-23(13-15-35)37-16-11-22-7-4-5-10-27(22)34-30(37)40)17-36-18-25(24-8-6-9-26(33)28(24)32)29(39)38(31(36)41)21(2)19-42-3/h4-10,18,21,23H,1,11-17,19H2,2-3H3,(H,34,40)/t21-/m1/s1. The lowest BCUT2D eigenvalue weighted by atomic mass is 10.0. The van der Waals surface area contributed by atoms with Crippen molar-refractivity contribution in [3.8, 4) is 11.1 Å². The highest BCUT2D eigenvalue weighted by atomic mass is 35.5. The number of halogens is 2. The highest BCUT2D eigenvalue weighted by Crippen LogP contribution is 2.29. The van der Waals surface area contributed by atoms with E-state index in [0.717, 1.165) is 35.1 Å². The molecule has 2 aromatic carbocycles. The van der Waals surface area contributed by atoms with Gasteiger partial charge in [0.05, 0.1) is 29.8 Å². The molecule has 1 fully saturated rings. The number of anilines is 1. The lowest BCUT2D eigenvalue weighted by Gasteiger charge is -2.39. The summed E-state index contributed by atoms with van der Waals surface area (Å²) in [7, 11) is 1.49. The van der Waals surface area contributed by atoms with E-state index in [1.54, 1.807) is 13.0 Å². The fourth-order valence-electron chi connectivity index (χ4n) is 5.86. The third-order valence-electron chi connectivity index (χ3n) is 8.12. The van der Waals surface area contributed by atoms with Gasteiger partial charge < -0.3 is 19.9 Å². The van der Waals surface area contributed by atoms with E-state index in [4.69, 9.17) is 16.3 Å². The van der Waals surface area contributed by atoms with E-state index in [0.29, 0.717) is 25.3 Å². The first-order chi connectivity index (χ1) is 20.2. The maximum Gasteiger partial charge on any atom is 0.331 e. The number of carbonyl (C=O) groups is 1. The third kappa shape index (κ3) is 5.87. The molecule has 1 saturated heterocycles. The van der Waals surface area contributed by atoms with Gasteiger partial charge in [0.1, 0.15) is 5.82 Å². The molecule has 9 nitrogen and oxygen atoms in total. The molecule has 2 aliphatic heterocycles. The van der Waals surface area contributed by atoms with E-state index in [9.17, 15) is 18.8 Å². The van der Waals surface area contributed by atoms with Gasteiger partial charge in [-0.15, -0.1) is 0 Å². The summed E-state index contributed by atoms with van der Waals surface area (Å²) in [6.45, 7) is 8.21. The summed E-state index contributed by atoms with van der Waals surface area (Å²) >= 11 is 6.24. The van der Waals surface area contributed by atoms with Gasteiger partial charge in [-0.2, -0.15) is 0 Å². The number of ether oxygens (including phenoxy) is 1. The first-order valence-electron chi connectivity index (χ1n) is 14.1. The lowest BCUT2D eigenvalue weighted by molar-refractivity contribution is 0.141. The number of amides is 2. The van der Waals surface area contributed by atoms with Crippen molar-refractivity contribution in [3.63, 3.8) is 0 Å². The fourth-order valence-corrected chi connectivity index (χ4v) is 6.09. The van der Waals surface area contributed by atoms with Gasteiger partial charge in [0.2, 0.25) is 0 Å². The lowest BCUT2D eigenvalue weighted by Crippen LogP contribution is -2.49. The highest BCUT2D eigenvalue weighted by molar-refractivity contribution is 6.33. The number of rotatable bonds is 8. The van der Waals surface area contributed by atoms with E-state index in [-0.39, 0.29) is 41.4 Å². The van der Waals surface area contributed by atoms with Crippen LogP contribution in [0, 0.1) is 5.82 Å². The molecule has 0 radical (unpaired) electrons. The van der Waals surface area contributed by atoms with E-state index in [2.05, 4.69) is 16.8 Å². The zero-order valence-corrected chi connectivity index (χ0v) is 24.6. The van der Waals surface area contributed by atoms with E-state index < -0.39 is 23.1 Å². The molecule has 42 heavy (non-hydrogen) atoms. The van der Waals surface area contributed by atoms with Crippen molar-refractivity contribution in [2.24, 2.45) is 0 Å². The fraction of sp³-hybridized carbons (Fsp3) is 0.387. The number of benzene rings is 2. The van der Waals surface area contributed by atoms with Crippen LogP contribution in [0.25, 0.3) is 11.1 Å². The summed E-state index contributed by atoms with van der Waals surface area (Å²) in [4.78, 5) is 44.0. The zero-order valence-electron chi connectivity index (χ0n) is 23.8. The van der Waals surface area contributed by atoms with E-state index >= 15 is 0 Å². The van der Waals surface area contributed by atoms with Crippen molar-refractivity contribution in [3.05, 3.63) is 98.2 Å². The van der Waals surface area contributed by atoms with Crippen molar-refractivity contribution in [1.29, 1.82) is 0 Å². The number of carbonyl (C=O) groups excluding carboxylic acids is 1. The molecule has 2 amide bonds. The van der Waals surface area contributed by atoms with Crippen LogP contribution in [0.3, 0.4) is 0 Å². The van der Waals surface area contributed by atoms with Crippen LogP contribution in [0.2, 0.25) is 5.02 Å². The van der Waals surface area contributed by atoms with Crippen molar-refractivity contribution < 1.29 is 13.9 Å². The topological polar surface area (TPSA) is 88.8 Å². The van der Waals surface area contributed by atoms with Crippen LogP contribution in [0.5, 0.6) is 0 Å². The number of hydrogen-bond donors (Lipinski definition) is 1. The first kappa shape index (κ1) is 29.6. The predicted octanol–water partition coefficient (Wildman–Crippen LogP) is 4.75. The Hall–Kier alpha value is -3.89. The minimum absolute atomic E-state index is 0.0836. The van der Waals surface area contributed by atoms with Crippen LogP contribution in [-0.2, 0) is 17.7 Å². The van der Waals surface area contributed by atoms with Gasteiger partial charge in [0.15, 0.2) is 0 Å².